The Morgan fingerprint density at radius 2 is 2.27 bits per heavy atom. The number of nitrogens with one attached hydrogen (secondary N) is 2. The van der Waals surface area contributed by atoms with Crippen LogP contribution < -0.4 is 5.32 Å². The zero-order valence-corrected chi connectivity index (χ0v) is 9.39. The van der Waals surface area contributed by atoms with Crippen molar-refractivity contribution in [3.05, 3.63) is 11.3 Å². The number of rotatable bonds is 5. The summed E-state index contributed by atoms with van der Waals surface area (Å²) in [5.74, 6) is 0.534. The molecule has 0 spiro atoms. The SMILES string of the molecule is CCOCCC(=O)Nc1n[nH]c(C)c1C. The molecule has 0 atom stereocenters. The van der Waals surface area contributed by atoms with Crippen molar-refractivity contribution in [2.45, 2.75) is 27.2 Å². The molecular weight excluding hydrogens is 194 g/mol. The Morgan fingerprint density at radius 1 is 1.53 bits per heavy atom. The molecule has 0 aliphatic heterocycles. The highest BCUT2D eigenvalue weighted by Gasteiger charge is 2.08. The summed E-state index contributed by atoms with van der Waals surface area (Å²) in [5.41, 5.74) is 1.94. The van der Waals surface area contributed by atoms with Crippen molar-refractivity contribution in [2.24, 2.45) is 0 Å². The number of aryl methyl sites for hydroxylation is 1. The molecule has 0 bridgehead atoms. The molecule has 0 radical (unpaired) electrons. The van der Waals surface area contributed by atoms with Gasteiger partial charge in [-0.3, -0.25) is 9.89 Å². The van der Waals surface area contributed by atoms with Gasteiger partial charge in [-0.2, -0.15) is 5.10 Å². The number of anilines is 1. The maximum Gasteiger partial charge on any atom is 0.227 e. The molecule has 1 aromatic heterocycles. The van der Waals surface area contributed by atoms with Crippen molar-refractivity contribution >= 4 is 11.7 Å². The highest BCUT2D eigenvalue weighted by Crippen LogP contribution is 2.13. The van der Waals surface area contributed by atoms with Gasteiger partial charge >= 0.3 is 0 Å². The normalized spacial score (nSPS) is 10.3. The van der Waals surface area contributed by atoms with E-state index in [0.717, 1.165) is 11.3 Å². The molecule has 5 heteroatoms. The largest absolute Gasteiger partial charge is 0.381 e. The summed E-state index contributed by atoms with van der Waals surface area (Å²) >= 11 is 0. The van der Waals surface area contributed by atoms with E-state index in [0.29, 0.717) is 25.5 Å². The first kappa shape index (κ1) is 11.7. The lowest BCUT2D eigenvalue weighted by atomic mass is 10.3. The summed E-state index contributed by atoms with van der Waals surface area (Å²) in [7, 11) is 0. The second-order valence-electron chi connectivity index (χ2n) is 3.32. The number of ether oxygens (including phenoxy) is 1. The number of carbonyl (C=O) groups excluding carboxylic acids is 1. The van der Waals surface area contributed by atoms with Crippen LogP contribution in [0.3, 0.4) is 0 Å². The van der Waals surface area contributed by atoms with E-state index in [1.807, 2.05) is 20.8 Å². The molecule has 5 nitrogen and oxygen atoms in total. The van der Waals surface area contributed by atoms with Gasteiger partial charge in [0.15, 0.2) is 5.82 Å². The highest BCUT2D eigenvalue weighted by molar-refractivity contribution is 5.90. The number of carbonyl (C=O) groups is 1. The van der Waals surface area contributed by atoms with Gasteiger partial charge in [0, 0.05) is 17.9 Å². The molecule has 0 aromatic carbocycles. The summed E-state index contributed by atoms with van der Waals surface area (Å²) in [6.45, 7) is 6.81. The minimum atomic E-state index is -0.0712. The number of H-pyrrole nitrogens is 1. The van der Waals surface area contributed by atoms with Crippen LogP contribution in [0.5, 0.6) is 0 Å². The molecule has 0 aliphatic rings. The van der Waals surface area contributed by atoms with E-state index in [9.17, 15) is 4.79 Å². The van der Waals surface area contributed by atoms with Gasteiger partial charge < -0.3 is 10.1 Å². The van der Waals surface area contributed by atoms with Crippen LogP contribution in [0.25, 0.3) is 0 Å². The smallest absolute Gasteiger partial charge is 0.227 e. The lowest BCUT2D eigenvalue weighted by molar-refractivity contribution is -0.117. The Kier molecular flexibility index (Phi) is 4.30. The molecule has 0 saturated heterocycles. The fraction of sp³-hybridized carbons (Fsp3) is 0.600. The van der Waals surface area contributed by atoms with Gasteiger partial charge in [-0.05, 0) is 20.8 Å². The van der Waals surface area contributed by atoms with Gasteiger partial charge in [0.05, 0.1) is 13.0 Å². The molecule has 0 aliphatic carbocycles. The Labute approximate surface area is 89.2 Å². The topological polar surface area (TPSA) is 67.0 Å². The molecule has 0 unspecified atom stereocenters. The average Bonchev–Trinajstić information content (AvgIpc) is 2.50. The molecule has 1 rings (SSSR count). The Morgan fingerprint density at radius 3 is 2.80 bits per heavy atom. The third-order valence-corrected chi connectivity index (χ3v) is 2.19. The first-order valence-electron chi connectivity index (χ1n) is 5.04. The lowest BCUT2D eigenvalue weighted by Gasteiger charge is -2.03. The Balaban J connectivity index is 2.41. The molecule has 84 valence electrons. The summed E-state index contributed by atoms with van der Waals surface area (Å²) < 4.78 is 5.09. The standard InChI is InChI=1S/C10H17N3O2/c1-4-15-6-5-9(14)11-10-7(2)8(3)12-13-10/h4-6H2,1-3H3,(H2,11,12,13,14). The number of hydrogen-bond donors (Lipinski definition) is 2. The second-order valence-corrected chi connectivity index (χ2v) is 3.32. The van der Waals surface area contributed by atoms with E-state index in [1.165, 1.54) is 0 Å². The van der Waals surface area contributed by atoms with E-state index in [4.69, 9.17) is 4.74 Å². The van der Waals surface area contributed by atoms with Gasteiger partial charge in [0.2, 0.25) is 5.91 Å². The lowest BCUT2D eigenvalue weighted by Crippen LogP contribution is -2.15. The molecule has 15 heavy (non-hydrogen) atoms. The zero-order valence-electron chi connectivity index (χ0n) is 9.39. The van der Waals surface area contributed by atoms with Gasteiger partial charge in [-0.25, -0.2) is 0 Å². The van der Waals surface area contributed by atoms with Crippen LogP contribution in [0.1, 0.15) is 24.6 Å². The highest BCUT2D eigenvalue weighted by atomic mass is 16.5. The number of nitrogens with zero attached hydrogens (tertiary/aromatic N) is 1. The van der Waals surface area contributed by atoms with Crippen molar-refractivity contribution in [3.63, 3.8) is 0 Å². The number of amides is 1. The van der Waals surface area contributed by atoms with Crippen LogP contribution in [-0.4, -0.2) is 29.3 Å². The third-order valence-electron chi connectivity index (χ3n) is 2.19. The van der Waals surface area contributed by atoms with Crippen LogP contribution in [0.15, 0.2) is 0 Å². The summed E-state index contributed by atoms with van der Waals surface area (Å²) in [4.78, 5) is 11.4. The number of aromatic amines is 1. The maximum atomic E-state index is 11.4. The minimum Gasteiger partial charge on any atom is -0.381 e. The second kappa shape index (κ2) is 5.50. The third kappa shape index (κ3) is 3.36. The van der Waals surface area contributed by atoms with E-state index < -0.39 is 0 Å². The molecular formula is C10H17N3O2. The molecule has 1 amide bonds. The summed E-state index contributed by atoms with van der Waals surface area (Å²) in [5, 5.41) is 9.53. The van der Waals surface area contributed by atoms with Gasteiger partial charge in [-0.15, -0.1) is 0 Å². The predicted molar refractivity (Wildman–Crippen MR) is 57.8 cm³/mol. The predicted octanol–water partition coefficient (Wildman–Crippen LogP) is 1.39. The first-order chi connectivity index (χ1) is 7.15. The average molecular weight is 211 g/mol. The molecule has 1 aromatic rings. The van der Waals surface area contributed by atoms with Crippen LogP contribution in [0.4, 0.5) is 5.82 Å². The summed E-state index contributed by atoms with van der Waals surface area (Å²) in [6.07, 6.45) is 0.360. The summed E-state index contributed by atoms with van der Waals surface area (Å²) in [6, 6.07) is 0. The van der Waals surface area contributed by atoms with Crippen molar-refractivity contribution < 1.29 is 9.53 Å². The minimum absolute atomic E-state index is 0.0712. The van der Waals surface area contributed by atoms with E-state index in [1.54, 1.807) is 0 Å². The molecule has 0 saturated carbocycles. The zero-order chi connectivity index (χ0) is 11.3. The molecule has 2 N–H and O–H groups in total. The van der Waals surface area contributed by atoms with Crippen molar-refractivity contribution in [2.75, 3.05) is 18.5 Å². The van der Waals surface area contributed by atoms with Crippen LogP contribution >= 0.6 is 0 Å². The van der Waals surface area contributed by atoms with E-state index >= 15 is 0 Å². The number of hydrogen-bond acceptors (Lipinski definition) is 3. The molecule has 0 fully saturated rings. The van der Waals surface area contributed by atoms with Gasteiger partial charge in [0.1, 0.15) is 0 Å². The first-order valence-corrected chi connectivity index (χ1v) is 5.04. The van der Waals surface area contributed by atoms with Crippen LogP contribution in [0.2, 0.25) is 0 Å². The quantitative estimate of drug-likeness (QED) is 0.723. The fourth-order valence-electron chi connectivity index (χ4n) is 1.11. The van der Waals surface area contributed by atoms with Crippen molar-refractivity contribution in [1.29, 1.82) is 0 Å². The van der Waals surface area contributed by atoms with Crippen molar-refractivity contribution in [3.8, 4) is 0 Å². The number of aromatic nitrogens is 2. The van der Waals surface area contributed by atoms with E-state index in [2.05, 4.69) is 15.5 Å². The Bertz CT molecular complexity index is 333. The Hall–Kier alpha value is -1.36. The van der Waals surface area contributed by atoms with Gasteiger partial charge in [-0.1, -0.05) is 0 Å². The van der Waals surface area contributed by atoms with Gasteiger partial charge in [0.25, 0.3) is 0 Å². The monoisotopic (exact) mass is 211 g/mol. The fourth-order valence-corrected chi connectivity index (χ4v) is 1.11. The maximum absolute atomic E-state index is 11.4. The van der Waals surface area contributed by atoms with Crippen LogP contribution in [-0.2, 0) is 9.53 Å². The molecule has 1 heterocycles. The van der Waals surface area contributed by atoms with Crippen LogP contribution in [0, 0.1) is 13.8 Å². The van der Waals surface area contributed by atoms with Crippen molar-refractivity contribution in [1.82, 2.24) is 10.2 Å². The van der Waals surface area contributed by atoms with E-state index in [-0.39, 0.29) is 5.91 Å².